The quantitative estimate of drug-likeness (QED) is 0.410. The first-order chi connectivity index (χ1) is 11.2. The number of fused-ring (bicyclic) bond motifs is 1. The van der Waals surface area contributed by atoms with Crippen LogP contribution in [0.25, 0.3) is 0 Å². The van der Waals surface area contributed by atoms with E-state index in [0.717, 1.165) is 17.8 Å². The van der Waals surface area contributed by atoms with Crippen LogP contribution >= 0.6 is 0 Å². The Morgan fingerprint density at radius 3 is 2.43 bits per heavy atom. The van der Waals surface area contributed by atoms with Gasteiger partial charge in [0.2, 0.25) is 0 Å². The Hall–Kier alpha value is -0.510. The fourth-order valence-electron chi connectivity index (χ4n) is 5.33. The molecule has 2 rings (SSSR count). The molecule has 2 aliphatic carbocycles. The first-order valence-corrected chi connectivity index (χ1v) is 10.6. The predicted molar refractivity (Wildman–Crippen MR) is 99.1 cm³/mol. The SMILES string of the molecule is CCCCCCC1(C#N)CCC2CC(CCCCC)CCC2C1. The molecule has 0 spiro atoms. The summed E-state index contributed by atoms with van der Waals surface area (Å²) in [4.78, 5) is 0. The molecule has 0 N–H and O–H groups in total. The van der Waals surface area contributed by atoms with Crippen LogP contribution in [-0.2, 0) is 0 Å². The molecule has 4 atom stereocenters. The summed E-state index contributed by atoms with van der Waals surface area (Å²) in [6.07, 6.45) is 20.2. The molecule has 2 aliphatic rings. The van der Waals surface area contributed by atoms with Crippen LogP contribution in [0.5, 0.6) is 0 Å². The molecular formula is C22H39N. The second-order valence-electron chi connectivity index (χ2n) is 8.64. The predicted octanol–water partition coefficient (Wildman–Crippen LogP) is 7.26. The highest BCUT2D eigenvalue weighted by molar-refractivity contribution is 5.04. The van der Waals surface area contributed by atoms with Crippen LogP contribution in [0.15, 0.2) is 0 Å². The highest BCUT2D eigenvalue weighted by Gasteiger charge is 2.42. The number of hydrogen-bond acceptors (Lipinski definition) is 1. The lowest BCUT2D eigenvalue weighted by Crippen LogP contribution is -2.36. The third-order valence-corrected chi connectivity index (χ3v) is 6.86. The molecule has 1 nitrogen and oxygen atoms in total. The lowest BCUT2D eigenvalue weighted by Gasteiger charge is -2.45. The zero-order valence-electron chi connectivity index (χ0n) is 15.8. The number of unbranched alkanes of at least 4 members (excludes halogenated alkanes) is 5. The second kappa shape index (κ2) is 9.71. The van der Waals surface area contributed by atoms with Crippen molar-refractivity contribution in [2.75, 3.05) is 0 Å². The van der Waals surface area contributed by atoms with E-state index in [-0.39, 0.29) is 5.41 Å². The highest BCUT2D eigenvalue weighted by atomic mass is 14.5. The molecule has 2 saturated carbocycles. The second-order valence-corrected chi connectivity index (χ2v) is 8.64. The Kier molecular flexibility index (Phi) is 7.94. The van der Waals surface area contributed by atoms with E-state index in [1.165, 1.54) is 96.3 Å². The molecule has 0 heterocycles. The molecule has 0 aliphatic heterocycles. The van der Waals surface area contributed by atoms with Crippen molar-refractivity contribution < 1.29 is 0 Å². The summed E-state index contributed by atoms with van der Waals surface area (Å²) >= 11 is 0. The molecule has 23 heavy (non-hydrogen) atoms. The molecule has 0 amide bonds. The van der Waals surface area contributed by atoms with Crippen molar-refractivity contribution in [3.63, 3.8) is 0 Å². The standard InChI is InChI=1S/C22H39N/c1-3-5-7-9-14-22(18-23)15-13-20-16-19(10-8-6-4-2)11-12-21(20)17-22/h19-21H,3-17H2,1-2H3. The van der Waals surface area contributed by atoms with E-state index in [2.05, 4.69) is 19.9 Å². The van der Waals surface area contributed by atoms with Crippen LogP contribution in [0.1, 0.15) is 110 Å². The first kappa shape index (κ1) is 18.8. The molecule has 4 unspecified atom stereocenters. The summed E-state index contributed by atoms with van der Waals surface area (Å²) in [7, 11) is 0. The van der Waals surface area contributed by atoms with Gasteiger partial charge in [0.05, 0.1) is 11.5 Å². The maximum absolute atomic E-state index is 9.83. The van der Waals surface area contributed by atoms with Gasteiger partial charge in [-0.3, -0.25) is 0 Å². The molecule has 0 saturated heterocycles. The smallest absolute Gasteiger partial charge is 0.0689 e. The van der Waals surface area contributed by atoms with Crippen LogP contribution in [0.3, 0.4) is 0 Å². The summed E-state index contributed by atoms with van der Waals surface area (Å²) < 4.78 is 0. The van der Waals surface area contributed by atoms with Crippen molar-refractivity contribution in [1.29, 1.82) is 5.26 Å². The fraction of sp³-hybridized carbons (Fsp3) is 0.955. The van der Waals surface area contributed by atoms with Crippen LogP contribution in [0.4, 0.5) is 0 Å². The minimum Gasteiger partial charge on any atom is -0.198 e. The highest BCUT2D eigenvalue weighted by Crippen LogP contribution is 2.51. The van der Waals surface area contributed by atoms with Crippen molar-refractivity contribution >= 4 is 0 Å². The van der Waals surface area contributed by atoms with Gasteiger partial charge in [0.15, 0.2) is 0 Å². The van der Waals surface area contributed by atoms with Crippen molar-refractivity contribution in [3.05, 3.63) is 0 Å². The van der Waals surface area contributed by atoms with E-state index in [4.69, 9.17) is 0 Å². The third kappa shape index (κ3) is 5.51. The largest absolute Gasteiger partial charge is 0.198 e. The van der Waals surface area contributed by atoms with Gasteiger partial charge >= 0.3 is 0 Å². The molecule has 0 aromatic rings. The first-order valence-electron chi connectivity index (χ1n) is 10.6. The maximum Gasteiger partial charge on any atom is 0.0689 e. The van der Waals surface area contributed by atoms with Crippen LogP contribution in [0, 0.1) is 34.5 Å². The maximum atomic E-state index is 9.83. The summed E-state index contributed by atoms with van der Waals surface area (Å²) in [5.74, 6) is 2.83. The Bertz CT molecular complexity index is 369. The van der Waals surface area contributed by atoms with Gasteiger partial charge in [-0.15, -0.1) is 0 Å². The molecule has 0 radical (unpaired) electrons. The number of rotatable bonds is 9. The van der Waals surface area contributed by atoms with Crippen molar-refractivity contribution in [3.8, 4) is 6.07 Å². The Morgan fingerprint density at radius 2 is 1.70 bits per heavy atom. The normalized spacial score (nSPS) is 33.9. The van der Waals surface area contributed by atoms with Gasteiger partial charge in [-0.1, -0.05) is 71.6 Å². The van der Waals surface area contributed by atoms with E-state index >= 15 is 0 Å². The molecule has 2 fully saturated rings. The summed E-state index contributed by atoms with van der Waals surface area (Å²) in [6.45, 7) is 4.57. The van der Waals surface area contributed by atoms with Gasteiger partial charge in [0.1, 0.15) is 0 Å². The van der Waals surface area contributed by atoms with E-state index < -0.39 is 0 Å². The van der Waals surface area contributed by atoms with Crippen LogP contribution in [-0.4, -0.2) is 0 Å². The Labute approximate surface area is 145 Å². The van der Waals surface area contributed by atoms with E-state index in [0.29, 0.717) is 0 Å². The Morgan fingerprint density at radius 1 is 0.913 bits per heavy atom. The van der Waals surface area contributed by atoms with E-state index in [1.54, 1.807) is 0 Å². The number of nitriles is 1. The third-order valence-electron chi connectivity index (χ3n) is 6.86. The summed E-state index contributed by atoms with van der Waals surface area (Å²) in [5.41, 5.74) is 0.0456. The van der Waals surface area contributed by atoms with Gasteiger partial charge in [0, 0.05) is 0 Å². The lowest BCUT2D eigenvalue weighted by atomic mass is 9.58. The minimum atomic E-state index is 0.0456. The molecule has 0 aromatic carbocycles. The summed E-state index contributed by atoms with van der Waals surface area (Å²) in [5, 5.41) is 9.83. The zero-order chi connectivity index (χ0) is 16.5. The lowest BCUT2D eigenvalue weighted by molar-refractivity contribution is 0.0615. The fourth-order valence-corrected chi connectivity index (χ4v) is 5.33. The average molecular weight is 318 g/mol. The van der Waals surface area contributed by atoms with Gasteiger partial charge in [-0.25, -0.2) is 0 Å². The van der Waals surface area contributed by atoms with Crippen molar-refractivity contribution in [2.24, 2.45) is 23.2 Å². The summed E-state index contributed by atoms with van der Waals surface area (Å²) in [6, 6.07) is 2.78. The van der Waals surface area contributed by atoms with Gasteiger partial charge < -0.3 is 0 Å². The van der Waals surface area contributed by atoms with Crippen LogP contribution in [0.2, 0.25) is 0 Å². The molecular weight excluding hydrogens is 278 g/mol. The van der Waals surface area contributed by atoms with E-state index in [1.807, 2.05) is 0 Å². The van der Waals surface area contributed by atoms with Gasteiger partial charge in [-0.2, -0.15) is 5.26 Å². The van der Waals surface area contributed by atoms with Crippen molar-refractivity contribution in [2.45, 2.75) is 110 Å². The zero-order valence-corrected chi connectivity index (χ0v) is 15.8. The van der Waals surface area contributed by atoms with Crippen LogP contribution < -0.4 is 0 Å². The minimum absolute atomic E-state index is 0.0456. The van der Waals surface area contributed by atoms with Gasteiger partial charge in [0.25, 0.3) is 0 Å². The molecule has 132 valence electrons. The topological polar surface area (TPSA) is 23.8 Å². The van der Waals surface area contributed by atoms with Crippen molar-refractivity contribution in [1.82, 2.24) is 0 Å². The Balaban J connectivity index is 1.79. The number of hydrogen-bond donors (Lipinski definition) is 0. The monoisotopic (exact) mass is 317 g/mol. The molecule has 1 heteroatoms. The average Bonchev–Trinajstić information content (AvgIpc) is 2.59. The molecule has 0 aromatic heterocycles. The number of nitrogens with zero attached hydrogens (tertiary/aromatic N) is 1. The molecule has 0 bridgehead atoms. The van der Waals surface area contributed by atoms with Gasteiger partial charge in [-0.05, 0) is 56.3 Å². The van der Waals surface area contributed by atoms with E-state index in [9.17, 15) is 5.26 Å².